The fourth-order valence-corrected chi connectivity index (χ4v) is 1.16. The minimum Gasteiger partial charge on any atom is -0.166 e. The zero-order chi connectivity index (χ0) is 10.9. The fourth-order valence-electron chi connectivity index (χ4n) is 1.16. The van der Waals surface area contributed by atoms with Gasteiger partial charge in [-0.05, 0) is 18.2 Å². The summed E-state index contributed by atoms with van der Waals surface area (Å²) in [7, 11) is 0. The first-order valence-corrected chi connectivity index (χ1v) is 4.11. The van der Waals surface area contributed by atoms with Crippen molar-refractivity contribution in [1.29, 1.82) is 0 Å². The van der Waals surface area contributed by atoms with Gasteiger partial charge in [0.25, 0.3) is 0 Å². The standard InChI is InChI=1S/C9H6F3N3/c10-9(11,12)7-2-1-3-8(6-7)15-13-4-5-14-15/h1-6H. The normalized spacial score (nSPS) is 11.7. The van der Waals surface area contributed by atoms with E-state index in [1.807, 2.05) is 0 Å². The molecule has 2 rings (SSSR count). The molecule has 78 valence electrons. The maximum absolute atomic E-state index is 12.4. The predicted molar refractivity (Wildman–Crippen MR) is 46.4 cm³/mol. The van der Waals surface area contributed by atoms with E-state index in [9.17, 15) is 13.2 Å². The summed E-state index contributed by atoms with van der Waals surface area (Å²) in [6, 6.07) is 4.84. The summed E-state index contributed by atoms with van der Waals surface area (Å²) in [5.41, 5.74) is -0.424. The lowest BCUT2D eigenvalue weighted by Crippen LogP contribution is -2.07. The molecule has 3 nitrogen and oxygen atoms in total. The van der Waals surface area contributed by atoms with Gasteiger partial charge >= 0.3 is 6.18 Å². The van der Waals surface area contributed by atoms with Gasteiger partial charge in [-0.15, -0.1) is 0 Å². The van der Waals surface area contributed by atoms with Crippen LogP contribution in [0.25, 0.3) is 5.69 Å². The van der Waals surface area contributed by atoms with Crippen LogP contribution in [0.5, 0.6) is 0 Å². The van der Waals surface area contributed by atoms with E-state index in [0.717, 1.165) is 16.9 Å². The van der Waals surface area contributed by atoms with Crippen molar-refractivity contribution in [2.45, 2.75) is 6.18 Å². The quantitative estimate of drug-likeness (QED) is 0.727. The van der Waals surface area contributed by atoms with Gasteiger partial charge in [-0.2, -0.15) is 28.2 Å². The van der Waals surface area contributed by atoms with Crippen molar-refractivity contribution in [3.05, 3.63) is 42.2 Å². The van der Waals surface area contributed by atoms with Crippen LogP contribution in [0.3, 0.4) is 0 Å². The van der Waals surface area contributed by atoms with Gasteiger partial charge in [0.1, 0.15) is 0 Å². The van der Waals surface area contributed by atoms with Gasteiger partial charge in [-0.3, -0.25) is 0 Å². The molecule has 0 aliphatic rings. The number of nitrogens with zero attached hydrogens (tertiary/aromatic N) is 3. The summed E-state index contributed by atoms with van der Waals surface area (Å²) < 4.78 is 37.1. The maximum Gasteiger partial charge on any atom is 0.416 e. The number of aromatic nitrogens is 3. The SMILES string of the molecule is FC(F)(F)c1cccc(-n2nccn2)c1. The first-order chi connectivity index (χ1) is 7.07. The highest BCUT2D eigenvalue weighted by atomic mass is 19.4. The zero-order valence-electron chi connectivity index (χ0n) is 7.44. The van der Waals surface area contributed by atoms with Crippen LogP contribution >= 0.6 is 0 Å². The fraction of sp³-hybridized carbons (Fsp3) is 0.111. The molecule has 0 atom stereocenters. The van der Waals surface area contributed by atoms with Crippen LogP contribution in [0.1, 0.15) is 5.56 Å². The number of halogens is 3. The minimum atomic E-state index is -4.34. The van der Waals surface area contributed by atoms with E-state index < -0.39 is 11.7 Å². The molecular formula is C9H6F3N3. The van der Waals surface area contributed by atoms with Crippen LogP contribution in [-0.2, 0) is 6.18 Å². The number of alkyl halides is 3. The monoisotopic (exact) mass is 213 g/mol. The van der Waals surface area contributed by atoms with Crippen LogP contribution in [0.4, 0.5) is 13.2 Å². The van der Waals surface area contributed by atoms with Crippen molar-refractivity contribution in [3.63, 3.8) is 0 Å². The second kappa shape index (κ2) is 3.38. The van der Waals surface area contributed by atoms with E-state index in [1.54, 1.807) is 0 Å². The van der Waals surface area contributed by atoms with Crippen LogP contribution in [0, 0.1) is 0 Å². The van der Waals surface area contributed by atoms with Crippen LogP contribution in [0.15, 0.2) is 36.7 Å². The molecule has 0 aliphatic heterocycles. The van der Waals surface area contributed by atoms with Crippen molar-refractivity contribution < 1.29 is 13.2 Å². The Hall–Kier alpha value is -1.85. The minimum absolute atomic E-state index is 0.287. The number of benzene rings is 1. The average Bonchev–Trinajstić information content (AvgIpc) is 2.69. The zero-order valence-corrected chi connectivity index (χ0v) is 7.44. The molecule has 6 heteroatoms. The first-order valence-electron chi connectivity index (χ1n) is 4.11. The van der Waals surface area contributed by atoms with Gasteiger partial charge in [-0.25, -0.2) is 0 Å². The lowest BCUT2D eigenvalue weighted by molar-refractivity contribution is -0.137. The van der Waals surface area contributed by atoms with Gasteiger partial charge in [0.05, 0.1) is 23.6 Å². The summed E-state index contributed by atoms with van der Waals surface area (Å²) >= 11 is 0. The molecule has 15 heavy (non-hydrogen) atoms. The molecule has 1 aromatic carbocycles. The molecular weight excluding hydrogens is 207 g/mol. The molecule has 0 fully saturated rings. The Balaban J connectivity index is 2.44. The van der Waals surface area contributed by atoms with Crippen LogP contribution < -0.4 is 0 Å². The average molecular weight is 213 g/mol. The van der Waals surface area contributed by atoms with Crippen LogP contribution in [-0.4, -0.2) is 15.0 Å². The Morgan fingerprint density at radius 1 is 1.07 bits per heavy atom. The molecule has 0 saturated heterocycles. The van der Waals surface area contributed by atoms with Crippen molar-refractivity contribution in [3.8, 4) is 5.69 Å². The third-order valence-electron chi connectivity index (χ3n) is 1.82. The molecule has 1 aromatic heterocycles. The van der Waals surface area contributed by atoms with E-state index in [-0.39, 0.29) is 5.69 Å². The van der Waals surface area contributed by atoms with Crippen molar-refractivity contribution in [2.24, 2.45) is 0 Å². The second-order valence-electron chi connectivity index (χ2n) is 2.87. The molecule has 0 unspecified atom stereocenters. The smallest absolute Gasteiger partial charge is 0.166 e. The van der Waals surface area contributed by atoms with Crippen molar-refractivity contribution >= 4 is 0 Å². The lowest BCUT2D eigenvalue weighted by atomic mass is 10.2. The van der Waals surface area contributed by atoms with Gasteiger partial charge in [-0.1, -0.05) is 6.07 Å². The summed E-state index contributed by atoms with van der Waals surface area (Å²) in [5.74, 6) is 0. The highest BCUT2D eigenvalue weighted by Gasteiger charge is 2.30. The Kier molecular flexibility index (Phi) is 2.18. The van der Waals surface area contributed by atoms with Crippen LogP contribution in [0.2, 0.25) is 0 Å². The second-order valence-corrected chi connectivity index (χ2v) is 2.87. The number of rotatable bonds is 1. The van der Waals surface area contributed by atoms with Crippen molar-refractivity contribution in [2.75, 3.05) is 0 Å². The number of hydrogen-bond acceptors (Lipinski definition) is 2. The largest absolute Gasteiger partial charge is 0.416 e. The van der Waals surface area contributed by atoms with E-state index in [0.29, 0.717) is 0 Å². The van der Waals surface area contributed by atoms with E-state index in [2.05, 4.69) is 10.2 Å². The van der Waals surface area contributed by atoms with E-state index in [4.69, 9.17) is 0 Å². The molecule has 0 aliphatic carbocycles. The molecule has 0 radical (unpaired) electrons. The third-order valence-corrected chi connectivity index (χ3v) is 1.82. The topological polar surface area (TPSA) is 30.7 Å². The molecule has 0 saturated carbocycles. The van der Waals surface area contributed by atoms with Gasteiger partial charge in [0, 0.05) is 0 Å². The molecule has 0 amide bonds. The summed E-state index contributed by atoms with van der Waals surface area (Å²) in [6.07, 6.45) is -1.54. The first kappa shape index (κ1) is 9.70. The molecule has 0 bridgehead atoms. The Bertz CT molecular complexity index is 448. The summed E-state index contributed by atoms with van der Waals surface area (Å²) in [6.45, 7) is 0. The Labute approximate surface area is 83.1 Å². The highest BCUT2D eigenvalue weighted by molar-refractivity contribution is 5.35. The van der Waals surface area contributed by atoms with E-state index in [1.165, 1.54) is 24.5 Å². The molecule has 0 spiro atoms. The Morgan fingerprint density at radius 3 is 2.33 bits per heavy atom. The lowest BCUT2D eigenvalue weighted by Gasteiger charge is -2.07. The maximum atomic E-state index is 12.4. The Morgan fingerprint density at radius 2 is 1.73 bits per heavy atom. The third kappa shape index (κ3) is 1.98. The van der Waals surface area contributed by atoms with Gasteiger partial charge < -0.3 is 0 Å². The molecule has 2 aromatic rings. The number of hydrogen-bond donors (Lipinski definition) is 0. The van der Waals surface area contributed by atoms with Crippen molar-refractivity contribution in [1.82, 2.24) is 15.0 Å². The van der Waals surface area contributed by atoms with Gasteiger partial charge in [0.2, 0.25) is 0 Å². The summed E-state index contributed by atoms with van der Waals surface area (Å²) in [5, 5.41) is 7.50. The highest BCUT2D eigenvalue weighted by Crippen LogP contribution is 2.29. The van der Waals surface area contributed by atoms with E-state index >= 15 is 0 Å². The predicted octanol–water partition coefficient (Wildman–Crippen LogP) is 2.29. The molecule has 1 heterocycles. The summed E-state index contributed by atoms with van der Waals surface area (Å²) in [4.78, 5) is 1.13. The van der Waals surface area contributed by atoms with Gasteiger partial charge in [0.15, 0.2) is 0 Å². The molecule has 0 N–H and O–H groups in total.